The number of nitrogens with zero attached hydrogens (tertiary/aromatic N) is 1. The number of para-hydroxylation sites is 1. The zero-order valence-corrected chi connectivity index (χ0v) is 11.6. The lowest BCUT2D eigenvalue weighted by atomic mass is 9.63. The van der Waals surface area contributed by atoms with Crippen LogP contribution in [-0.4, -0.2) is 4.98 Å². The minimum atomic E-state index is -0.0126. The van der Waals surface area contributed by atoms with Gasteiger partial charge >= 0.3 is 0 Å². The van der Waals surface area contributed by atoms with Crippen molar-refractivity contribution in [1.82, 2.24) is 4.98 Å². The Hall–Kier alpha value is -2.01. The number of hydrogen-bond donors (Lipinski definition) is 1. The largest absolute Gasteiger partial charge is 0.357 e. The van der Waals surface area contributed by atoms with Crippen molar-refractivity contribution < 1.29 is 0 Å². The summed E-state index contributed by atoms with van der Waals surface area (Å²) in [5, 5.41) is 10.9. The van der Waals surface area contributed by atoms with Gasteiger partial charge in [0.15, 0.2) is 0 Å². The fourth-order valence-electron chi connectivity index (χ4n) is 4.23. The molecule has 4 rings (SSSR count). The minimum Gasteiger partial charge on any atom is -0.357 e. The lowest BCUT2D eigenvalue weighted by Gasteiger charge is -2.39. The van der Waals surface area contributed by atoms with Gasteiger partial charge in [-0.1, -0.05) is 37.3 Å². The van der Waals surface area contributed by atoms with Crippen molar-refractivity contribution in [3.63, 3.8) is 0 Å². The smallest absolute Gasteiger partial charge is 0.0897 e. The van der Waals surface area contributed by atoms with Crippen LogP contribution in [0.2, 0.25) is 0 Å². The molecule has 0 amide bonds. The van der Waals surface area contributed by atoms with Gasteiger partial charge in [0.1, 0.15) is 0 Å². The van der Waals surface area contributed by atoms with E-state index in [4.69, 9.17) is 0 Å². The number of nitrogens with one attached hydrogen (secondary N) is 1. The van der Waals surface area contributed by atoms with Crippen LogP contribution in [0.15, 0.2) is 36.4 Å². The molecule has 1 N–H and O–H groups in total. The molecule has 1 aromatic heterocycles. The molecule has 0 spiro atoms. The topological polar surface area (TPSA) is 39.6 Å². The molecule has 2 aromatic rings. The molecular weight excluding hydrogens is 244 g/mol. The van der Waals surface area contributed by atoms with E-state index in [0.29, 0.717) is 17.8 Å². The van der Waals surface area contributed by atoms with Crippen LogP contribution in [0.5, 0.6) is 0 Å². The maximum Gasteiger partial charge on any atom is 0.0897 e. The standard InChI is InChI=1S/C18H18N2/c1-11-12-6-2-3-7-13(12)17-14-8-4-5-9-16(14)20-18(17)15(11)10-19/h2,4-6,8-9,11-13,15,20H,3,7H2,1H3/t11-,12?,13?,15-/m1/s1. The minimum absolute atomic E-state index is 0.0126. The second-order valence-corrected chi connectivity index (χ2v) is 6.15. The summed E-state index contributed by atoms with van der Waals surface area (Å²) in [6.07, 6.45) is 7.02. The van der Waals surface area contributed by atoms with Crippen molar-refractivity contribution in [3.05, 3.63) is 47.7 Å². The Morgan fingerprint density at radius 2 is 2.15 bits per heavy atom. The molecule has 2 heteroatoms. The highest BCUT2D eigenvalue weighted by molar-refractivity contribution is 5.86. The molecule has 20 heavy (non-hydrogen) atoms. The van der Waals surface area contributed by atoms with Crippen molar-refractivity contribution in [3.8, 4) is 6.07 Å². The number of aromatic nitrogens is 1. The number of nitriles is 1. The molecule has 4 atom stereocenters. The average Bonchev–Trinajstić information content (AvgIpc) is 2.87. The number of fused-ring (bicyclic) bond motifs is 5. The average molecular weight is 262 g/mol. The number of benzene rings is 1. The van der Waals surface area contributed by atoms with Crippen molar-refractivity contribution in [2.45, 2.75) is 31.6 Å². The van der Waals surface area contributed by atoms with Gasteiger partial charge in [-0.2, -0.15) is 5.26 Å². The van der Waals surface area contributed by atoms with Gasteiger partial charge < -0.3 is 4.98 Å². The molecule has 100 valence electrons. The molecule has 2 nitrogen and oxygen atoms in total. The molecule has 0 saturated carbocycles. The lowest BCUT2D eigenvalue weighted by molar-refractivity contribution is 0.292. The van der Waals surface area contributed by atoms with E-state index in [1.54, 1.807) is 0 Å². The Kier molecular flexibility index (Phi) is 2.50. The third kappa shape index (κ3) is 1.44. The van der Waals surface area contributed by atoms with Gasteiger partial charge in [0.2, 0.25) is 0 Å². The first-order valence-electron chi connectivity index (χ1n) is 7.48. The van der Waals surface area contributed by atoms with Crippen LogP contribution in [0.3, 0.4) is 0 Å². The Balaban J connectivity index is 2.02. The van der Waals surface area contributed by atoms with Crippen molar-refractivity contribution in [2.24, 2.45) is 11.8 Å². The van der Waals surface area contributed by atoms with Gasteiger partial charge in [0, 0.05) is 16.6 Å². The van der Waals surface area contributed by atoms with E-state index < -0.39 is 0 Å². The second-order valence-electron chi connectivity index (χ2n) is 6.15. The number of allylic oxidation sites excluding steroid dienone is 2. The van der Waals surface area contributed by atoms with E-state index in [2.05, 4.69) is 54.4 Å². The first-order chi connectivity index (χ1) is 9.81. The Bertz CT molecular complexity index is 731. The molecule has 0 bridgehead atoms. The normalized spacial score (nSPS) is 31.6. The number of H-pyrrole nitrogens is 1. The summed E-state index contributed by atoms with van der Waals surface area (Å²) < 4.78 is 0. The van der Waals surface area contributed by atoms with Crippen LogP contribution >= 0.6 is 0 Å². The van der Waals surface area contributed by atoms with Crippen molar-refractivity contribution in [2.75, 3.05) is 0 Å². The molecule has 2 aliphatic carbocycles. The molecule has 1 aromatic carbocycles. The third-order valence-corrected chi connectivity index (χ3v) is 5.20. The van der Waals surface area contributed by atoms with E-state index in [0.717, 1.165) is 6.42 Å². The summed E-state index contributed by atoms with van der Waals surface area (Å²) in [7, 11) is 0. The van der Waals surface area contributed by atoms with E-state index in [1.165, 1.54) is 28.6 Å². The second kappa shape index (κ2) is 4.24. The Morgan fingerprint density at radius 1 is 1.30 bits per heavy atom. The zero-order chi connectivity index (χ0) is 13.7. The summed E-state index contributed by atoms with van der Waals surface area (Å²) >= 11 is 0. The molecule has 2 unspecified atom stereocenters. The van der Waals surface area contributed by atoms with Crippen LogP contribution in [0.4, 0.5) is 0 Å². The molecule has 0 saturated heterocycles. The Morgan fingerprint density at radius 3 is 3.00 bits per heavy atom. The van der Waals surface area contributed by atoms with Crippen molar-refractivity contribution in [1.29, 1.82) is 5.26 Å². The monoisotopic (exact) mass is 262 g/mol. The van der Waals surface area contributed by atoms with Gasteiger partial charge in [0.05, 0.1) is 12.0 Å². The summed E-state index contributed by atoms with van der Waals surface area (Å²) in [5.74, 6) is 1.47. The van der Waals surface area contributed by atoms with E-state index >= 15 is 0 Å². The number of rotatable bonds is 0. The van der Waals surface area contributed by atoms with Gasteiger partial charge in [-0.15, -0.1) is 0 Å². The Labute approximate surface area is 119 Å². The van der Waals surface area contributed by atoms with Gasteiger partial charge in [-0.05, 0) is 42.2 Å². The maximum atomic E-state index is 9.63. The quantitative estimate of drug-likeness (QED) is 0.699. The molecule has 0 aliphatic heterocycles. The summed E-state index contributed by atoms with van der Waals surface area (Å²) in [5.41, 5.74) is 3.78. The van der Waals surface area contributed by atoms with Crippen LogP contribution in [-0.2, 0) is 0 Å². The lowest BCUT2D eigenvalue weighted by Crippen LogP contribution is -2.31. The molecular formula is C18H18N2. The fraction of sp³-hybridized carbons (Fsp3) is 0.389. The van der Waals surface area contributed by atoms with Crippen LogP contribution < -0.4 is 0 Å². The zero-order valence-electron chi connectivity index (χ0n) is 11.6. The molecule has 0 fully saturated rings. The first kappa shape index (κ1) is 11.8. The van der Waals surface area contributed by atoms with Crippen LogP contribution in [0.1, 0.15) is 42.9 Å². The summed E-state index contributed by atoms with van der Waals surface area (Å²) in [6, 6.07) is 11.0. The molecule has 1 heterocycles. The fourth-order valence-corrected chi connectivity index (χ4v) is 4.23. The molecule has 0 radical (unpaired) electrons. The highest BCUT2D eigenvalue weighted by Crippen LogP contribution is 2.52. The van der Waals surface area contributed by atoms with E-state index in [-0.39, 0.29) is 5.92 Å². The van der Waals surface area contributed by atoms with E-state index in [1.807, 2.05) is 0 Å². The number of hydrogen-bond acceptors (Lipinski definition) is 1. The maximum absolute atomic E-state index is 9.63. The van der Waals surface area contributed by atoms with E-state index in [9.17, 15) is 5.26 Å². The highest BCUT2D eigenvalue weighted by Gasteiger charge is 2.42. The highest BCUT2D eigenvalue weighted by atomic mass is 14.8. The van der Waals surface area contributed by atoms with Crippen LogP contribution in [0.25, 0.3) is 10.9 Å². The van der Waals surface area contributed by atoms with Gasteiger partial charge in [-0.25, -0.2) is 0 Å². The van der Waals surface area contributed by atoms with Crippen molar-refractivity contribution >= 4 is 10.9 Å². The summed E-state index contributed by atoms with van der Waals surface area (Å²) in [4.78, 5) is 3.53. The summed E-state index contributed by atoms with van der Waals surface area (Å²) in [6.45, 7) is 2.23. The SMILES string of the molecule is C[C@@H]1C2C=CCCC2c2c([nH]c3ccccc23)[C@@H]1C#N. The first-order valence-corrected chi connectivity index (χ1v) is 7.48. The molecule has 2 aliphatic rings. The van der Waals surface area contributed by atoms with Crippen LogP contribution in [0, 0.1) is 23.2 Å². The number of aromatic amines is 1. The predicted molar refractivity (Wildman–Crippen MR) is 80.4 cm³/mol. The van der Waals surface area contributed by atoms with Gasteiger partial charge in [0.25, 0.3) is 0 Å². The third-order valence-electron chi connectivity index (χ3n) is 5.20. The predicted octanol–water partition coefficient (Wildman–Crippen LogP) is 4.47. The van der Waals surface area contributed by atoms with Gasteiger partial charge in [-0.3, -0.25) is 0 Å².